The molecule has 0 aliphatic heterocycles. The van der Waals surface area contributed by atoms with E-state index in [4.69, 9.17) is 9.47 Å². The van der Waals surface area contributed by atoms with E-state index in [2.05, 4.69) is 11.9 Å². The van der Waals surface area contributed by atoms with Crippen molar-refractivity contribution in [3.05, 3.63) is 99.8 Å². The van der Waals surface area contributed by atoms with Gasteiger partial charge in [0.1, 0.15) is 18.3 Å². The molecule has 36 heavy (non-hydrogen) atoms. The number of carbonyl (C=O) groups is 3. The number of carbonyl (C=O) groups excluding carboxylic acids is 3. The number of ether oxygens (including phenoxy) is 2. The molecule has 0 saturated carbocycles. The van der Waals surface area contributed by atoms with Gasteiger partial charge in [0.05, 0.1) is 17.6 Å². The number of nitro groups is 1. The van der Waals surface area contributed by atoms with E-state index in [1.54, 1.807) is 6.92 Å². The minimum Gasteiger partial charge on any atom is -0.468 e. The van der Waals surface area contributed by atoms with Crippen LogP contribution in [0.4, 0.5) is 5.69 Å². The van der Waals surface area contributed by atoms with Crippen LogP contribution < -0.4 is 5.32 Å². The number of rotatable bonds is 12. The summed E-state index contributed by atoms with van der Waals surface area (Å²) in [5, 5.41) is 14.7. The van der Waals surface area contributed by atoms with Gasteiger partial charge in [0, 0.05) is 29.8 Å². The Morgan fingerprint density at radius 1 is 1.08 bits per heavy atom. The van der Waals surface area contributed by atoms with Crippen LogP contribution in [0.15, 0.2) is 78.5 Å². The Hall–Kier alpha value is -4.27. The maximum atomic E-state index is 13.4. The summed E-state index contributed by atoms with van der Waals surface area (Å²) in [4.78, 5) is 49.8. The van der Waals surface area contributed by atoms with Crippen LogP contribution in [-0.2, 0) is 23.9 Å². The Morgan fingerprint density at radius 3 is 2.28 bits per heavy atom. The van der Waals surface area contributed by atoms with E-state index in [1.807, 2.05) is 37.3 Å². The number of hydrogen-bond acceptors (Lipinski definition) is 8. The Morgan fingerprint density at radius 2 is 1.72 bits per heavy atom. The molecule has 2 rings (SSSR count). The molecule has 0 bridgehead atoms. The van der Waals surface area contributed by atoms with Gasteiger partial charge in [-0.15, -0.1) is 0 Å². The summed E-state index contributed by atoms with van der Waals surface area (Å²) in [6, 6.07) is 14.7. The first-order valence-electron chi connectivity index (χ1n) is 11.2. The number of Topliss-reactive ketones (excluding diaryl/α,β-unsaturated/α-hetero) is 1. The number of nitrogens with zero attached hydrogens (tertiary/aromatic N) is 1. The van der Waals surface area contributed by atoms with E-state index < -0.39 is 34.5 Å². The van der Waals surface area contributed by atoms with Crippen molar-refractivity contribution < 1.29 is 28.8 Å². The van der Waals surface area contributed by atoms with Crippen LogP contribution in [0.25, 0.3) is 0 Å². The van der Waals surface area contributed by atoms with Crippen molar-refractivity contribution in [3.8, 4) is 0 Å². The molecule has 0 aromatic heterocycles. The summed E-state index contributed by atoms with van der Waals surface area (Å²) in [6.45, 7) is 8.15. The molecule has 0 radical (unpaired) electrons. The molecule has 0 spiro atoms. The van der Waals surface area contributed by atoms with Crippen LogP contribution in [0, 0.1) is 16.0 Å². The minimum atomic E-state index is -1.45. The van der Waals surface area contributed by atoms with Crippen LogP contribution in [0.3, 0.4) is 0 Å². The molecule has 9 heteroatoms. The van der Waals surface area contributed by atoms with Gasteiger partial charge >= 0.3 is 11.9 Å². The van der Waals surface area contributed by atoms with E-state index in [0.717, 1.165) is 12.7 Å². The summed E-state index contributed by atoms with van der Waals surface area (Å²) in [5.74, 6) is -4.92. The second kappa shape index (κ2) is 13.0. The number of non-ortho nitro benzene ring substituents is 1. The third-order valence-electron chi connectivity index (χ3n) is 5.67. The highest BCUT2D eigenvalue weighted by atomic mass is 16.6. The van der Waals surface area contributed by atoms with Gasteiger partial charge < -0.3 is 14.8 Å². The van der Waals surface area contributed by atoms with E-state index in [9.17, 15) is 24.5 Å². The number of methoxy groups -OCH3 is 1. The number of esters is 2. The predicted molar refractivity (Wildman–Crippen MR) is 134 cm³/mol. The van der Waals surface area contributed by atoms with Gasteiger partial charge in [-0.25, -0.2) is 4.79 Å². The van der Waals surface area contributed by atoms with Crippen LogP contribution in [0.2, 0.25) is 0 Å². The van der Waals surface area contributed by atoms with Crippen LogP contribution in [-0.4, -0.2) is 36.4 Å². The van der Waals surface area contributed by atoms with Crippen molar-refractivity contribution in [1.29, 1.82) is 0 Å². The summed E-state index contributed by atoms with van der Waals surface area (Å²) in [7, 11) is 1.13. The molecule has 2 aromatic rings. The summed E-state index contributed by atoms with van der Waals surface area (Å²) >= 11 is 0. The summed E-state index contributed by atoms with van der Waals surface area (Å²) in [5.41, 5.74) is 1.21. The molecule has 9 nitrogen and oxygen atoms in total. The molecular weight excluding hydrogens is 464 g/mol. The largest absolute Gasteiger partial charge is 0.468 e. The molecule has 1 N–H and O–H groups in total. The lowest BCUT2D eigenvalue weighted by Crippen LogP contribution is -2.35. The van der Waals surface area contributed by atoms with Crippen molar-refractivity contribution in [2.75, 3.05) is 13.7 Å². The number of nitro benzene ring substituents is 1. The fraction of sp³-hybridized carbons (Fsp3) is 0.296. The smallest absolute Gasteiger partial charge is 0.336 e. The van der Waals surface area contributed by atoms with Crippen molar-refractivity contribution in [1.82, 2.24) is 5.32 Å². The minimum absolute atomic E-state index is 0.0225. The molecule has 0 amide bonds. The average molecular weight is 495 g/mol. The van der Waals surface area contributed by atoms with Gasteiger partial charge in [-0.1, -0.05) is 55.1 Å². The SMILES string of the molecule is C=CCOC(=O)/C(=C(/C)N[C@H](C)c1ccccc1)[C@H](c1cccc([N+](=O)[O-])c1)[C@H](C(C)=O)C(=O)OC. The quantitative estimate of drug-likeness (QED) is 0.115. The Kier molecular flexibility index (Phi) is 10.1. The van der Waals surface area contributed by atoms with Crippen LogP contribution >= 0.6 is 0 Å². The van der Waals surface area contributed by atoms with Gasteiger partial charge in [-0.05, 0) is 31.9 Å². The highest BCUT2D eigenvalue weighted by Gasteiger charge is 2.41. The topological polar surface area (TPSA) is 125 Å². The van der Waals surface area contributed by atoms with Crippen molar-refractivity contribution in [3.63, 3.8) is 0 Å². The Labute approximate surface area is 209 Å². The van der Waals surface area contributed by atoms with Gasteiger partial charge in [0.25, 0.3) is 5.69 Å². The second-order valence-corrected chi connectivity index (χ2v) is 8.14. The zero-order chi connectivity index (χ0) is 26.8. The zero-order valence-electron chi connectivity index (χ0n) is 20.7. The molecule has 0 unspecified atom stereocenters. The predicted octanol–water partition coefficient (Wildman–Crippen LogP) is 4.41. The fourth-order valence-corrected chi connectivity index (χ4v) is 3.97. The van der Waals surface area contributed by atoms with E-state index >= 15 is 0 Å². The number of nitrogens with one attached hydrogen (secondary N) is 1. The van der Waals surface area contributed by atoms with Gasteiger partial charge in [-0.3, -0.25) is 19.7 Å². The normalized spacial score (nSPS) is 13.9. The second-order valence-electron chi connectivity index (χ2n) is 8.14. The van der Waals surface area contributed by atoms with Crippen LogP contribution in [0.1, 0.15) is 43.9 Å². The first-order valence-corrected chi connectivity index (χ1v) is 11.2. The lowest BCUT2D eigenvalue weighted by molar-refractivity contribution is -0.384. The average Bonchev–Trinajstić information content (AvgIpc) is 2.87. The monoisotopic (exact) mass is 494 g/mol. The lowest BCUT2D eigenvalue weighted by atomic mass is 9.77. The van der Waals surface area contributed by atoms with E-state index in [1.165, 1.54) is 37.3 Å². The highest BCUT2D eigenvalue weighted by Crippen LogP contribution is 2.37. The molecule has 0 aliphatic carbocycles. The van der Waals surface area contributed by atoms with Crippen molar-refractivity contribution in [2.45, 2.75) is 32.7 Å². The lowest BCUT2D eigenvalue weighted by Gasteiger charge is -2.28. The van der Waals surface area contributed by atoms with E-state index in [-0.39, 0.29) is 29.5 Å². The molecule has 0 aliphatic rings. The Bertz CT molecular complexity index is 1160. The molecule has 0 fully saturated rings. The molecule has 190 valence electrons. The molecule has 3 atom stereocenters. The van der Waals surface area contributed by atoms with Gasteiger partial charge in [0.2, 0.25) is 0 Å². The molecule has 0 heterocycles. The third-order valence-corrected chi connectivity index (χ3v) is 5.67. The standard InChI is InChI=1S/C27H30N2O7/c1-6-15-36-27(32)23(18(3)28-17(2)20-11-8-7-9-12-20)25(24(19(4)30)26(31)35-5)21-13-10-14-22(16-21)29(33)34/h6-14,16-17,24-25,28H,1,15H2,2-5H3/b23-18-/t17-,24+,25+/m1/s1. The number of ketones is 1. The van der Waals surface area contributed by atoms with Crippen LogP contribution in [0.5, 0.6) is 0 Å². The number of hydrogen-bond donors (Lipinski definition) is 1. The number of allylic oxidation sites excluding steroid dienone is 1. The first kappa shape index (κ1) is 28.0. The molecular formula is C27H30N2O7. The third kappa shape index (κ3) is 6.88. The maximum absolute atomic E-state index is 13.4. The molecule has 2 aromatic carbocycles. The number of benzene rings is 2. The Balaban J connectivity index is 2.79. The fourth-order valence-electron chi connectivity index (χ4n) is 3.97. The highest BCUT2D eigenvalue weighted by molar-refractivity contribution is 6.02. The van der Waals surface area contributed by atoms with E-state index in [0.29, 0.717) is 5.70 Å². The van der Waals surface area contributed by atoms with Gasteiger partial charge in [0.15, 0.2) is 0 Å². The molecule has 0 saturated heterocycles. The zero-order valence-corrected chi connectivity index (χ0v) is 20.7. The van der Waals surface area contributed by atoms with Crippen molar-refractivity contribution in [2.24, 2.45) is 5.92 Å². The van der Waals surface area contributed by atoms with Crippen molar-refractivity contribution >= 4 is 23.4 Å². The summed E-state index contributed by atoms with van der Waals surface area (Å²) in [6.07, 6.45) is 1.38. The maximum Gasteiger partial charge on any atom is 0.336 e. The van der Waals surface area contributed by atoms with Gasteiger partial charge in [-0.2, -0.15) is 0 Å². The summed E-state index contributed by atoms with van der Waals surface area (Å²) < 4.78 is 10.2. The first-order chi connectivity index (χ1) is 17.1.